The predicted molar refractivity (Wildman–Crippen MR) is 65.0 cm³/mol. The van der Waals surface area contributed by atoms with Gasteiger partial charge < -0.3 is 5.32 Å². The highest BCUT2D eigenvalue weighted by Crippen LogP contribution is 2.34. The van der Waals surface area contributed by atoms with Crippen molar-refractivity contribution in [3.8, 4) is 0 Å². The standard InChI is InChI=1S/C11H16ClN3O/c1-3-15-11(16)10(12)9(6-13-15)14-7(2)8-4-5-8/h6-8,14H,3-5H2,1-2H3. The number of hydrogen-bond acceptors (Lipinski definition) is 3. The molecule has 0 bridgehead atoms. The molecule has 0 amide bonds. The van der Waals surface area contributed by atoms with E-state index in [0.29, 0.717) is 24.2 Å². The van der Waals surface area contributed by atoms with Gasteiger partial charge in [-0.3, -0.25) is 4.79 Å². The molecule has 1 aromatic rings. The summed E-state index contributed by atoms with van der Waals surface area (Å²) in [6, 6.07) is 0.358. The first kappa shape index (κ1) is 11.5. The Morgan fingerprint density at radius 2 is 2.38 bits per heavy atom. The molecule has 1 heterocycles. The van der Waals surface area contributed by atoms with Gasteiger partial charge in [-0.1, -0.05) is 11.6 Å². The maximum absolute atomic E-state index is 11.7. The van der Waals surface area contributed by atoms with Gasteiger partial charge in [-0.05, 0) is 32.6 Å². The van der Waals surface area contributed by atoms with Gasteiger partial charge in [-0.2, -0.15) is 5.10 Å². The fourth-order valence-corrected chi connectivity index (χ4v) is 1.95. The summed E-state index contributed by atoms with van der Waals surface area (Å²) in [4.78, 5) is 11.7. The maximum Gasteiger partial charge on any atom is 0.287 e. The van der Waals surface area contributed by atoms with Gasteiger partial charge in [0.1, 0.15) is 5.02 Å². The van der Waals surface area contributed by atoms with E-state index in [9.17, 15) is 4.79 Å². The van der Waals surface area contributed by atoms with E-state index in [1.165, 1.54) is 17.5 Å². The third-order valence-electron chi connectivity index (χ3n) is 3.00. The van der Waals surface area contributed by atoms with Crippen LogP contribution in [-0.2, 0) is 6.54 Å². The van der Waals surface area contributed by atoms with E-state index in [2.05, 4.69) is 17.3 Å². The number of anilines is 1. The van der Waals surface area contributed by atoms with Crippen molar-refractivity contribution in [3.05, 3.63) is 21.6 Å². The molecule has 1 fully saturated rings. The molecule has 1 atom stereocenters. The minimum absolute atomic E-state index is 0.225. The van der Waals surface area contributed by atoms with Gasteiger partial charge in [0, 0.05) is 12.6 Å². The van der Waals surface area contributed by atoms with E-state index in [1.54, 1.807) is 6.20 Å². The Morgan fingerprint density at radius 3 is 2.94 bits per heavy atom. The fourth-order valence-electron chi connectivity index (χ4n) is 1.75. The molecule has 0 saturated heterocycles. The quantitative estimate of drug-likeness (QED) is 0.879. The molecular formula is C11H16ClN3O. The van der Waals surface area contributed by atoms with E-state index in [0.717, 1.165) is 0 Å². The Balaban J connectivity index is 2.21. The van der Waals surface area contributed by atoms with Crippen molar-refractivity contribution in [2.45, 2.75) is 39.3 Å². The molecule has 1 aromatic heterocycles. The van der Waals surface area contributed by atoms with E-state index in [-0.39, 0.29) is 10.6 Å². The van der Waals surface area contributed by atoms with Crippen molar-refractivity contribution in [1.82, 2.24) is 9.78 Å². The van der Waals surface area contributed by atoms with E-state index in [1.807, 2.05) is 6.92 Å². The molecule has 16 heavy (non-hydrogen) atoms. The van der Waals surface area contributed by atoms with Gasteiger partial charge in [-0.15, -0.1) is 0 Å². The number of nitrogens with zero attached hydrogens (tertiary/aromatic N) is 2. The summed E-state index contributed by atoms with van der Waals surface area (Å²) >= 11 is 6.01. The van der Waals surface area contributed by atoms with Crippen LogP contribution in [0.1, 0.15) is 26.7 Å². The third kappa shape index (κ3) is 2.21. The van der Waals surface area contributed by atoms with Crippen LogP contribution in [0, 0.1) is 5.92 Å². The Bertz CT molecular complexity index is 439. The third-order valence-corrected chi connectivity index (χ3v) is 3.36. The summed E-state index contributed by atoms with van der Waals surface area (Å²) in [6.07, 6.45) is 4.14. The van der Waals surface area contributed by atoms with Gasteiger partial charge in [0.05, 0.1) is 11.9 Å². The predicted octanol–water partition coefficient (Wildman–Crippen LogP) is 2.13. The number of aromatic nitrogens is 2. The molecule has 2 rings (SSSR count). The second kappa shape index (κ2) is 4.45. The molecule has 1 saturated carbocycles. The summed E-state index contributed by atoms with van der Waals surface area (Å²) < 4.78 is 1.36. The minimum atomic E-state index is -0.225. The van der Waals surface area contributed by atoms with Crippen LogP contribution in [0.15, 0.2) is 11.0 Å². The van der Waals surface area contributed by atoms with Gasteiger partial charge in [0.25, 0.3) is 5.56 Å². The van der Waals surface area contributed by atoms with Crippen LogP contribution in [0.4, 0.5) is 5.69 Å². The largest absolute Gasteiger partial charge is 0.380 e. The first-order chi connectivity index (χ1) is 7.63. The van der Waals surface area contributed by atoms with Crippen molar-refractivity contribution in [1.29, 1.82) is 0 Å². The molecule has 1 N–H and O–H groups in total. The van der Waals surface area contributed by atoms with E-state index < -0.39 is 0 Å². The zero-order chi connectivity index (χ0) is 11.7. The maximum atomic E-state index is 11.7. The average Bonchev–Trinajstić information content (AvgIpc) is 3.09. The van der Waals surface area contributed by atoms with Crippen LogP contribution in [0.5, 0.6) is 0 Å². The smallest absolute Gasteiger partial charge is 0.287 e. The number of halogens is 1. The van der Waals surface area contributed by atoms with Crippen LogP contribution in [0.2, 0.25) is 5.02 Å². The highest BCUT2D eigenvalue weighted by molar-refractivity contribution is 6.32. The van der Waals surface area contributed by atoms with Gasteiger partial charge in [-0.25, -0.2) is 4.68 Å². The second-order valence-electron chi connectivity index (χ2n) is 4.26. The molecule has 0 spiro atoms. The number of nitrogens with one attached hydrogen (secondary N) is 1. The first-order valence-corrected chi connectivity index (χ1v) is 6.03. The lowest BCUT2D eigenvalue weighted by Crippen LogP contribution is -2.25. The Kier molecular flexibility index (Phi) is 3.19. The summed E-state index contributed by atoms with van der Waals surface area (Å²) in [6.45, 7) is 4.51. The lowest BCUT2D eigenvalue weighted by Gasteiger charge is -2.15. The molecular weight excluding hydrogens is 226 g/mol. The van der Waals surface area contributed by atoms with Crippen LogP contribution in [0.3, 0.4) is 0 Å². The summed E-state index contributed by atoms with van der Waals surface area (Å²) in [5, 5.41) is 7.54. The summed E-state index contributed by atoms with van der Waals surface area (Å²) in [7, 11) is 0. The van der Waals surface area contributed by atoms with Crippen molar-refractivity contribution in [2.75, 3.05) is 5.32 Å². The molecule has 0 aliphatic heterocycles. The van der Waals surface area contributed by atoms with Crippen LogP contribution in [0.25, 0.3) is 0 Å². The monoisotopic (exact) mass is 241 g/mol. The zero-order valence-electron chi connectivity index (χ0n) is 9.53. The lowest BCUT2D eigenvalue weighted by atomic mass is 10.2. The van der Waals surface area contributed by atoms with Crippen molar-refractivity contribution < 1.29 is 0 Å². The highest BCUT2D eigenvalue weighted by Gasteiger charge is 2.28. The lowest BCUT2D eigenvalue weighted by molar-refractivity contribution is 0.613. The molecule has 1 unspecified atom stereocenters. The van der Waals surface area contributed by atoms with Crippen LogP contribution < -0.4 is 10.9 Å². The van der Waals surface area contributed by atoms with Crippen molar-refractivity contribution >= 4 is 17.3 Å². The Labute approximate surface area is 99.6 Å². The van der Waals surface area contributed by atoms with Crippen molar-refractivity contribution in [2.24, 2.45) is 5.92 Å². The molecule has 1 aliphatic rings. The topological polar surface area (TPSA) is 46.9 Å². The summed E-state index contributed by atoms with van der Waals surface area (Å²) in [5.41, 5.74) is 0.424. The molecule has 5 heteroatoms. The minimum Gasteiger partial charge on any atom is -0.380 e. The molecule has 88 valence electrons. The highest BCUT2D eigenvalue weighted by atomic mass is 35.5. The average molecular weight is 242 g/mol. The van der Waals surface area contributed by atoms with Crippen LogP contribution >= 0.6 is 11.6 Å². The fraction of sp³-hybridized carbons (Fsp3) is 0.636. The second-order valence-corrected chi connectivity index (χ2v) is 4.64. The molecule has 4 nitrogen and oxygen atoms in total. The van der Waals surface area contributed by atoms with Gasteiger partial charge >= 0.3 is 0 Å². The van der Waals surface area contributed by atoms with E-state index in [4.69, 9.17) is 11.6 Å². The molecule has 0 radical (unpaired) electrons. The van der Waals surface area contributed by atoms with Gasteiger partial charge in [0.2, 0.25) is 0 Å². The summed E-state index contributed by atoms with van der Waals surface area (Å²) in [5.74, 6) is 0.713. The normalized spacial score (nSPS) is 17.2. The van der Waals surface area contributed by atoms with Gasteiger partial charge in [0.15, 0.2) is 0 Å². The molecule has 0 aromatic carbocycles. The number of hydrogen-bond donors (Lipinski definition) is 1. The Morgan fingerprint density at radius 1 is 1.69 bits per heavy atom. The first-order valence-electron chi connectivity index (χ1n) is 5.65. The zero-order valence-corrected chi connectivity index (χ0v) is 10.3. The van der Waals surface area contributed by atoms with Crippen LogP contribution in [-0.4, -0.2) is 15.8 Å². The SMILES string of the molecule is CCn1ncc(NC(C)C2CC2)c(Cl)c1=O. The Hall–Kier alpha value is -1.03. The van der Waals surface area contributed by atoms with E-state index >= 15 is 0 Å². The molecule has 1 aliphatic carbocycles. The number of rotatable bonds is 4. The van der Waals surface area contributed by atoms with Crippen molar-refractivity contribution in [3.63, 3.8) is 0 Å². The number of aryl methyl sites for hydroxylation is 1.